The number of aromatic nitrogens is 1. The van der Waals surface area contributed by atoms with Crippen LogP contribution in [-0.2, 0) is 0 Å². The van der Waals surface area contributed by atoms with Crippen molar-refractivity contribution in [3.8, 4) is 0 Å². The van der Waals surface area contributed by atoms with Gasteiger partial charge in [0.05, 0.1) is 18.3 Å². The molecule has 1 aromatic heterocycles. The Kier molecular flexibility index (Phi) is 3.19. The van der Waals surface area contributed by atoms with Gasteiger partial charge in [-0.3, -0.25) is 4.98 Å². The van der Waals surface area contributed by atoms with Crippen LogP contribution in [0.15, 0.2) is 18.2 Å². The minimum atomic E-state index is -0.0510. The van der Waals surface area contributed by atoms with E-state index in [1.807, 2.05) is 32.2 Å². The van der Waals surface area contributed by atoms with Crippen molar-refractivity contribution in [2.24, 2.45) is 0 Å². The monoisotopic (exact) mass is 166 g/mol. The summed E-state index contributed by atoms with van der Waals surface area (Å²) in [6, 6.07) is 5.74. The molecule has 3 heteroatoms. The molecule has 66 valence electrons. The highest BCUT2D eigenvalue weighted by Crippen LogP contribution is 2.08. The number of nitrogens with zero attached hydrogens (tertiary/aromatic N) is 1. The van der Waals surface area contributed by atoms with Crippen molar-refractivity contribution in [1.29, 1.82) is 0 Å². The molecular weight excluding hydrogens is 152 g/mol. The van der Waals surface area contributed by atoms with Crippen LogP contribution in [0.3, 0.4) is 0 Å². The third-order valence-electron chi connectivity index (χ3n) is 1.80. The van der Waals surface area contributed by atoms with E-state index in [0.29, 0.717) is 0 Å². The standard InChI is InChI=1S/C9H14N2O/c1-7-4-3-5-8(11-7)9(6-12)10-2/h3-5,9-10,12H,6H2,1-2H3. The maximum absolute atomic E-state index is 8.97. The van der Waals surface area contributed by atoms with Gasteiger partial charge in [0.2, 0.25) is 0 Å². The molecule has 0 aliphatic carbocycles. The van der Waals surface area contributed by atoms with Crippen molar-refractivity contribution in [2.75, 3.05) is 13.7 Å². The van der Waals surface area contributed by atoms with E-state index in [1.54, 1.807) is 0 Å². The van der Waals surface area contributed by atoms with E-state index in [4.69, 9.17) is 5.11 Å². The average Bonchev–Trinajstić information content (AvgIpc) is 2.07. The zero-order chi connectivity index (χ0) is 8.97. The van der Waals surface area contributed by atoms with Crippen molar-refractivity contribution in [2.45, 2.75) is 13.0 Å². The zero-order valence-electron chi connectivity index (χ0n) is 7.41. The molecule has 1 unspecified atom stereocenters. The summed E-state index contributed by atoms with van der Waals surface area (Å²) >= 11 is 0. The third kappa shape index (κ3) is 2.03. The lowest BCUT2D eigenvalue weighted by atomic mass is 10.2. The number of hydrogen-bond donors (Lipinski definition) is 2. The molecular formula is C9H14N2O. The maximum Gasteiger partial charge on any atom is 0.0727 e. The Morgan fingerprint density at radius 3 is 2.83 bits per heavy atom. The van der Waals surface area contributed by atoms with E-state index in [-0.39, 0.29) is 12.6 Å². The van der Waals surface area contributed by atoms with Crippen LogP contribution in [-0.4, -0.2) is 23.7 Å². The summed E-state index contributed by atoms with van der Waals surface area (Å²) in [4.78, 5) is 4.29. The minimum Gasteiger partial charge on any atom is -0.394 e. The average molecular weight is 166 g/mol. The molecule has 0 aliphatic rings. The van der Waals surface area contributed by atoms with Crippen LogP contribution in [0.4, 0.5) is 0 Å². The fraction of sp³-hybridized carbons (Fsp3) is 0.444. The van der Waals surface area contributed by atoms with Crippen LogP contribution in [0.2, 0.25) is 0 Å². The Hall–Kier alpha value is -0.930. The number of hydrogen-bond acceptors (Lipinski definition) is 3. The first-order valence-corrected chi connectivity index (χ1v) is 3.99. The van der Waals surface area contributed by atoms with E-state index in [2.05, 4.69) is 10.3 Å². The Morgan fingerprint density at radius 1 is 1.58 bits per heavy atom. The van der Waals surface area contributed by atoms with Crippen molar-refractivity contribution in [1.82, 2.24) is 10.3 Å². The Morgan fingerprint density at radius 2 is 2.33 bits per heavy atom. The van der Waals surface area contributed by atoms with Gasteiger partial charge in [0.15, 0.2) is 0 Å². The first-order chi connectivity index (χ1) is 5.77. The number of likely N-dealkylation sites (N-methyl/N-ethyl adjacent to an activating group) is 1. The van der Waals surface area contributed by atoms with Crippen LogP contribution < -0.4 is 5.32 Å². The van der Waals surface area contributed by atoms with Crippen molar-refractivity contribution >= 4 is 0 Å². The first kappa shape index (κ1) is 9.16. The fourth-order valence-electron chi connectivity index (χ4n) is 1.09. The van der Waals surface area contributed by atoms with Crippen LogP contribution in [0.25, 0.3) is 0 Å². The Labute approximate surface area is 72.5 Å². The smallest absolute Gasteiger partial charge is 0.0727 e. The summed E-state index contributed by atoms with van der Waals surface area (Å²) < 4.78 is 0. The largest absolute Gasteiger partial charge is 0.394 e. The lowest BCUT2D eigenvalue weighted by molar-refractivity contribution is 0.248. The maximum atomic E-state index is 8.97. The van der Waals surface area contributed by atoms with E-state index < -0.39 is 0 Å². The van der Waals surface area contributed by atoms with Gasteiger partial charge in [0.1, 0.15) is 0 Å². The van der Waals surface area contributed by atoms with Gasteiger partial charge in [-0.25, -0.2) is 0 Å². The SMILES string of the molecule is CNC(CO)c1cccc(C)n1. The molecule has 0 amide bonds. The van der Waals surface area contributed by atoms with Gasteiger partial charge in [0, 0.05) is 5.69 Å². The molecule has 1 rings (SSSR count). The number of pyridine rings is 1. The van der Waals surface area contributed by atoms with E-state index in [1.165, 1.54) is 0 Å². The van der Waals surface area contributed by atoms with Gasteiger partial charge in [-0.15, -0.1) is 0 Å². The molecule has 0 spiro atoms. The molecule has 0 radical (unpaired) electrons. The summed E-state index contributed by atoms with van der Waals surface area (Å²) in [6.07, 6.45) is 0. The van der Waals surface area contributed by atoms with Crippen molar-refractivity contribution in [3.05, 3.63) is 29.6 Å². The second-order valence-corrected chi connectivity index (χ2v) is 2.73. The molecule has 0 saturated carbocycles. The molecule has 3 nitrogen and oxygen atoms in total. The molecule has 12 heavy (non-hydrogen) atoms. The molecule has 0 fully saturated rings. The Bertz CT molecular complexity index is 246. The van der Waals surface area contributed by atoms with E-state index in [9.17, 15) is 0 Å². The highest BCUT2D eigenvalue weighted by atomic mass is 16.3. The summed E-state index contributed by atoms with van der Waals surface area (Å²) in [5.41, 5.74) is 1.86. The van der Waals surface area contributed by atoms with Gasteiger partial charge >= 0.3 is 0 Å². The highest BCUT2D eigenvalue weighted by molar-refractivity contribution is 5.13. The number of aryl methyl sites for hydroxylation is 1. The van der Waals surface area contributed by atoms with Gasteiger partial charge < -0.3 is 10.4 Å². The summed E-state index contributed by atoms with van der Waals surface area (Å²) in [5, 5.41) is 12.0. The minimum absolute atomic E-state index is 0.0510. The Balaban J connectivity index is 2.85. The van der Waals surface area contributed by atoms with E-state index >= 15 is 0 Å². The van der Waals surface area contributed by atoms with Crippen LogP contribution in [0.1, 0.15) is 17.4 Å². The predicted molar refractivity (Wildman–Crippen MR) is 47.9 cm³/mol. The molecule has 0 bridgehead atoms. The second-order valence-electron chi connectivity index (χ2n) is 2.73. The van der Waals surface area contributed by atoms with Gasteiger partial charge in [0.25, 0.3) is 0 Å². The molecule has 0 saturated heterocycles. The lowest BCUT2D eigenvalue weighted by Gasteiger charge is -2.12. The summed E-state index contributed by atoms with van der Waals surface area (Å²) in [6.45, 7) is 2.01. The van der Waals surface area contributed by atoms with Crippen LogP contribution in [0.5, 0.6) is 0 Å². The fourth-order valence-corrected chi connectivity index (χ4v) is 1.09. The first-order valence-electron chi connectivity index (χ1n) is 3.99. The van der Waals surface area contributed by atoms with Gasteiger partial charge in [-0.1, -0.05) is 6.07 Å². The topological polar surface area (TPSA) is 45.1 Å². The number of aliphatic hydroxyl groups excluding tert-OH is 1. The number of nitrogens with one attached hydrogen (secondary N) is 1. The quantitative estimate of drug-likeness (QED) is 0.692. The predicted octanol–water partition coefficient (Wildman–Crippen LogP) is 0.643. The number of rotatable bonds is 3. The number of aliphatic hydroxyl groups is 1. The summed E-state index contributed by atoms with van der Waals surface area (Å²) in [7, 11) is 1.81. The third-order valence-corrected chi connectivity index (χ3v) is 1.80. The molecule has 0 aliphatic heterocycles. The van der Waals surface area contributed by atoms with Gasteiger partial charge in [-0.05, 0) is 26.1 Å². The molecule has 2 N–H and O–H groups in total. The summed E-state index contributed by atoms with van der Waals surface area (Å²) in [5.74, 6) is 0. The second kappa shape index (κ2) is 4.18. The molecule has 1 heterocycles. The normalized spacial score (nSPS) is 12.9. The molecule has 1 atom stereocenters. The van der Waals surface area contributed by atoms with E-state index in [0.717, 1.165) is 11.4 Å². The van der Waals surface area contributed by atoms with Crippen molar-refractivity contribution < 1.29 is 5.11 Å². The van der Waals surface area contributed by atoms with Gasteiger partial charge in [-0.2, -0.15) is 0 Å². The highest BCUT2D eigenvalue weighted by Gasteiger charge is 2.07. The lowest BCUT2D eigenvalue weighted by Crippen LogP contribution is -2.21. The molecule has 1 aromatic rings. The zero-order valence-corrected chi connectivity index (χ0v) is 7.41. The van der Waals surface area contributed by atoms with Crippen LogP contribution >= 0.6 is 0 Å². The molecule has 0 aromatic carbocycles. The van der Waals surface area contributed by atoms with Crippen LogP contribution in [0, 0.1) is 6.92 Å². The van der Waals surface area contributed by atoms with Crippen molar-refractivity contribution in [3.63, 3.8) is 0 Å².